The lowest BCUT2D eigenvalue weighted by atomic mass is 10.2. The number of pyridine rings is 1. The lowest BCUT2D eigenvalue weighted by Gasteiger charge is -2.29. The topological polar surface area (TPSA) is 33.2 Å². The number of alkyl halides is 3. The largest absolute Gasteiger partial charge is 0.417 e. The normalized spacial score (nSPS) is 18.1. The number of rotatable bonds is 3. The number of thioether (sulfide) groups is 1. The molecule has 0 saturated heterocycles. The van der Waals surface area contributed by atoms with Crippen molar-refractivity contribution in [3.8, 4) is 0 Å². The van der Waals surface area contributed by atoms with Gasteiger partial charge >= 0.3 is 6.18 Å². The molecule has 0 fully saturated rings. The van der Waals surface area contributed by atoms with E-state index < -0.39 is 11.7 Å². The predicted molar refractivity (Wildman–Crippen MR) is 76.9 cm³/mol. The number of allylic oxidation sites excluding steroid dienone is 2. The van der Waals surface area contributed by atoms with Gasteiger partial charge in [0.15, 0.2) is 5.12 Å². The highest BCUT2D eigenvalue weighted by molar-refractivity contribution is 8.13. The van der Waals surface area contributed by atoms with E-state index in [1.807, 2.05) is 12.2 Å². The number of carbonyl (C=O) groups is 1. The maximum absolute atomic E-state index is 12.5. The number of hydrogen-bond donors (Lipinski definition) is 0. The van der Waals surface area contributed by atoms with Crippen LogP contribution >= 0.6 is 11.8 Å². The van der Waals surface area contributed by atoms with Gasteiger partial charge in [-0.25, -0.2) is 4.98 Å². The van der Waals surface area contributed by atoms with Crippen LogP contribution in [0, 0.1) is 0 Å². The maximum Gasteiger partial charge on any atom is 0.417 e. The second-order valence-electron chi connectivity index (χ2n) is 4.41. The Morgan fingerprint density at radius 3 is 2.71 bits per heavy atom. The standard InChI is InChI=1S/C14H13F3N2OS/c1-10(20)21-9-12-4-2-3-7-19(12)13-6-5-11(8-18-13)14(15,16)17/h2-8,12H,9H2,1H3. The van der Waals surface area contributed by atoms with Crippen LogP contribution in [0.15, 0.2) is 42.8 Å². The van der Waals surface area contributed by atoms with Gasteiger partial charge in [-0.3, -0.25) is 4.79 Å². The van der Waals surface area contributed by atoms with E-state index in [1.165, 1.54) is 24.8 Å². The molecule has 3 nitrogen and oxygen atoms in total. The Balaban J connectivity index is 2.16. The predicted octanol–water partition coefficient (Wildman–Crippen LogP) is 3.64. The third-order valence-electron chi connectivity index (χ3n) is 2.85. The van der Waals surface area contributed by atoms with Gasteiger partial charge in [-0.1, -0.05) is 23.9 Å². The Labute approximate surface area is 124 Å². The van der Waals surface area contributed by atoms with Gasteiger partial charge in [0.2, 0.25) is 0 Å². The molecule has 1 aromatic rings. The van der Waals surface area contributed by atoms with Gasteiger partial charge in [0.1, 0.15) is 5.82 Å². The molecule has 0 amide bonds. The highest BCUT2D eigenvalue weighted by atomic mass is 32.2. The van der Waals surface area contributed by atoms with Crippen LogP contribution in [0.4, 0.5) is 19.0 Å². The minimum atomic E-state index is -4.40. The molecule has 1 unspecified atom stereocenters. The SMILES string of the molecule is CC(=O)SCC1C=CC=CN1c1ccc(C(F)(F)F)cn1. The molecule has 1 aliphatic heterocycles. The first-order valence-electron chi connectivity index (χ1n) is 6.18. The number of halogens is 3. The zero-order chi connectivity index (χ0) is 15.5. The molecule has 0 N–H and O–H groups in total. The van der Waals surface area contributed by atoms with Crippen molar-refractivity contribution in [2.45, 2.75) is 19.1 Å². The number of aromatic nitrogens is 1. The Kier molecular flexibility index (Phi) is 4.72. The zero-order valence-electron chi connectivity index (χ0n) is 11.2. The van der Waals surface area contributed by atoms with Crippen molar-refractivity contribution in [1.29, 1.82) is 0 Å². The summed E-state index contributed by atoms with van der Waals surface area (Å²) in [4.78, 5) is 16.7. The Morgan fingerprint density at radius 1 is 1.38 bits per heavy atom. The summed E-state index contributed by atoms with van der Waals surface area (Å²) in [6.07, 6.45) is 3.65. The third kappa shape index (κ3) is 4.10. The second kappa shape index (κ2) is 6.34. The van der Waals surface area contributed by atoms with Crippen molar-refractivity contribution in [2.24, 2.45) is 0 Å². The number of carbonyl (C=O) groups excluding carboxylic acids is 1. The van der Waals surface area contributed by atoms with Crippen LogP contribution < -0.4 is 4.90 Å². The Morgan fingerprint density at radius 2 is 2.14 bits per heavy atom. The van der Waals surface area contributed by atoms with E-state index >= 15 is 0 Å². The fraction of sp³-hybridized carbons (Fsp3) is 0.286. The summed E-state index contributed by atoms with van der Waals surface area (Å²) in [6.45, 7) is 1.48. The van der Waals surface area contributed by atoms with Gasteiger partial charge in [-0.05, 0) is 18.2 Å². The molecule has 7 heteroatoms. The average molecular weight is 314 g/mol. The van der Waals surface area contributed by atoms with Crippen LogP contribution in [0.3, 0.4) is 0 Å². The molecule has 0 aromatic carbocycles. The summed E-state index contributed by atoms with van der Waals surface area (Å²) in [7, 11) is 0. The van der Waals surface area contributed by atoms with Gasteiger partial charge in [0, 0.05) is 25.1 Å². The minimum Gasteiger partial charge on any atom is -0.325 e. The highest BCUT2D eigenvalue weighted by Gasteiger charge is 2.31. The maximum atomic E-state index is 12.5. The van der Waals surface area contributed by atoms with Crippen molar-refractivity contribution >= 4 is 22.7 Å². The average Bonchev–Trinajstić information content (AvgIpc) is 2.44. The van der Waals surface area contributed by atoms with Crippen LogP contribution in [-0.2, 0) is 11.0 Å². The van der Waals surface area contributed by atoms with Gasteiger partial charge in [-0.2, -0.15) is 13.2 Å². The molecule has 0 aliphatic carbocycles. The van der Waals surface area contributed by atoms with E-state index in [9.17, 15) is 18.0 Å². The molecule has 0 bridgehead atoms. The highest BCUT2D eigenvalue weighted by Crippen LogP contribution is 2.30. The Bertz CT molecular complexity index is 567. The molecule has 0 spiro atoms. The monoisotopic (exact) mass is 314 g/mol. The van der Waals surface area contributed by atoms with Gasteiger partial charge in [-0.15, -0.1) is 0 Å². The summed E-state index contributed by atoms with van der Waals surface area (Å²) < 4.78 is 37.6. The summed E-state index contributed by atoms with van der Waals surface area (Å²) in [5.41, 5.74) is -0.780. The van der Waals surface area contributed by atoms with Gasteiger partial charge in [0.25, 0.3) is 0 Å². The molecule has 1 aliphatic rings. The van der Waals surface area contributed by atoms with Crippen molar-refractivity contribution < 1.29 is 18.0 Å². The third-order valence-corrected chi connectivity index (χ3v) is 3.76. The fourth-order valence-electron chi connectivity index (χ4n) is 1.83. The molecule has 2 rings (SSSR count). The Hall–Kier alpha value is -1.76. The quantitative estimate of drug-likeness (QED) is 0.853. The first-order valence-corrected chi connectivity index (χ1v) is 7.16. The minimum absolute atomic E-state index is 0.00159. The molecule has 1 aromatic heterocycles. The summed E-state index contributed by atoms with van der Waals surface area (Å²) >= 11 is 1.17. The van der Waals surface area contributed by atoms with Crippen LogP contribution in [0.25, 0.3) is 0 Å². The summed E-state index contributed by atoms with van der Waals surface area (Å²) in [5.74, 6) is 0.927. The van der Waals surface area contributed by atoms with Crippen molar-refractivity contribution in [1.82, 2.24) is 4.98 Å². The van der Waals surface area contributed by atoms with E-state index in [0.717, 1.165) is 12.3 Å². The van der Waals surface area contributed by atoms with Crippen LogP contribution in [0.1, 0.15) is 12.5 Å². The van der Waals surface area contributed by atoms with E-state index in [0.29, 0.717) is 11.6 Å². The van der Waals surface area contributed by atoms with Crippen LogP contribution in [0.5, 0.6) is 0 Å². The lowest BCUT2D eigenvalue weighted by Crippen LogP contribution is -2.33. The van der Waals surface area contributed by atoms with E-state index in [-0.39, 0.29) is 11.2 Å². The van der Waals surface area contributed by atoms with E-state index in [4.69, 9.17) is 0 Å². The molecular weight excluding hydrogens is 301 g/mol. The fourth-order valence-corrected chi connectivity index (χ4v) is 2.51. The molecular formula is C14H13F3N2OS. The number of anilines is 1. The molecule has 0 radical (unpaired) electrons. The first kappa shape index (κ1) is 15.6. The zero-order valence-corrected chi connectivity index (χ0v) is 12.0. The number of hydrogen-bond acceptors (Lipinski definition) is 4. The summed E-state index contributed by atoms with van der Waals surface area (Å²) in [5, 5.41) is -0.00159. The molecule has 21 heavy (non-hydrogen) atoms. The molecule has 0 saturated carbocycles. The van der Waals surface area contributed by atoms with Crippen LogP contribution in [-0.4, -0.2) is 21.9 Å². The molecule has 112 valence electrons. The van der Waals surface area contributed by atoms with Gasteiger partial charge in [0.05, 0.1) is 11.6 Å². The lowest BCUT2D eigenvalue weighted by molar-refractivity contribution is -0.137. The molecule has 2 heterocycles. The van der Waals surface area contributed by atoms with Crippen molar-refractivity contribution in [3.63, 3.8) is 0 Å². The summed E-state index contributed by atoms with van der Waals surface area (Å²) in [6, 6.07) is 2.22. The van der Waals surface area contributed by atoms with E-state index in [1.54, 1.807) is 17.2 Å². The number of nitrogens with zero attached hydrogens (tertiary/aromatic N) is 2. The smallest absolute Gasteiger partial charge is 0.325 e. The first-order chi connectivity index (χ1) is 9.88. The van der Waals surface area contributed by atoms with Crippen molar-refractivity contribution in [3.05, 3.63) is 48.3 Å². The van der Waals surface area contributed by atoms with Gasteiger partial charge < -0.3 is 4.90 Å². The second-order valence-corrected chi connectivity index (χ2v) is 5.60. The van der Waals surface area contributed by atoms with Crippen molar-refractivity contribution in [2.75, 3.05) is 10.7 Å². The van der Waals surface area contributed by atoms with Crippen LogP contribution in [0.2, 0.25) is 0 Å². The molecule has 1 atom stereocenters. The van der Waals surface area contributed by atoms with E-state index in [2.05, 4.69) is 4.98 Å².